The maximum Gasteiger partial charge on any atom is 0.203 e. The van der Waals surface area contributed by atoms with Crippen molar-refractivity contribution in [1.29, 1.82) is 0 Å². The molecule has 0 saturated carbocycles. The number of thioether (sulfide) groups is 1. The Balaban J connectivity index is 1.98. The number of aryl methyl sites for hydroxylation is 1. The van der Waals surface area contributed by atoms with Crippen LogP contribution in [0.3, 0.4) is 0 Å². The molecule has 0 saturated heterocycles. The lowest BCUT2D eigenvalue weighted by atomic mass is 10.5. The van der Waals surface area contributed by atoms with E-state index >= 15 is 0 Å². The molecule has 15 heavy (non-hydrogen) atoms. The fourth-order valence-electron chi connectivity index (χ4n) is 1.17. The van der Waals surface area contributed by atoms with Crippen molar-refractivity contribution in [2.24, 2.45) is 0 Å². The first kappa shape index (κ1) is 10.4. The fraction of sp³-hybridized carbons (Fsp3) is 0.375. The van der Waals surface area contributed by atoms with E-state index in [1.54, 1.807) is 11.8 Å². The summed E-state index contributed by atoms with van der Waals surface area (Å²) >= 11 is 3.04. The first-order valence-corrected chi connectivity index (χ1v) is 6.30. The molecule has 2 aromatic heterocycles. The summed E-state index contributed by atoms with van der Waals surface area (Å²) < 4.78 is 3.01. The van der Waals surface area contributed by atoms with E-state index in [0.29, 0.717) is 5.13 Å². The topological polar surface area (TPSA) is 69.6 Å². The standard InChI is InChI=1S/C8H11N5S2/c1-2-13-5-10-3-6(13)4-14-8-12-11-7(9)15-8/h3,5H,2,4H2,1H3,(H2,9,11). The molecular formula is C8H11N5S2. The molecular weight excluding hydrogens is 230 g/mol. The molecule has 0 amide bonds. The zero-order chi connectivity index (χ0) is 10.7. The van der Waals surface area contributed by atoms with Crippen LogP contribution < -0.4 is 5.73 Å². The molecule has 0 aliphatic rings. The largest absolute Gasteiger partial charge is 0.374 e. The Labute approximate surface area is 95.7 Å². The number of rotatable bonds is 4. The molecule has 2 aromatic rings. The van der Waals surface area contributed by atoms with Crippen molar-refractivity contribution < 1.29 is 0 Å². The highest BCUT2D eigenvalue weighted by atomic mass is 32.2. The molecule has 5 nitrogen and oxygen atoms in total. The van der Waals surface area contributed by atoms with Crippen LogP contribution in [0.15, 0.2) is 16.9 Å². The van der Waals surface area contributed by atoms with Gasteiger partial charge in [-0.2, -0.15) is 0 Å². The molecule has 2 N–H and O–H groups in total. The first-order valence-electron chi connectivity index (χ1n) is 4.50. The molecule has 0 bridgehead atoms. The van der Waals surface area contributed by atoms with Gasteiger partial charge in [0.25, 0.3) is 0 Å². The van der Waals surface area contributed by atoms with Gasteiger partial charge in [-0.15, -0.1) is 10.2 Å². The van der Waals surface area contributed by atoms with E-state index in [0.717, 1.165) is 16.6 Å². The van der Waals surface area contributed by atoms with E-state index in [4.69, 9.17) is 5.73 Å². The lowest BCUT2D eigenvalue weighted by Gasteiger charge is -2.02. The van der Waals surface area contributed by atoms with Gasteiger partial charge in [-0.25, -0.2) is 4.98 Å². The summed E-state index contributed by atoms with van der Waals surface area (Å²) in [6.07, 6.45) is 3.71. The summed E-state index contributed by atoms with van der Waals surface area (Å²) in [6, 6.07) is 0. The fourth-order valence-corrected chi connectivity index (χ4v) is 2.79. The van der Waals surface area contributed by atoms with Crippen molar-refractivity contribution in [3.8, 4) is 0 Å². The second-order valence-electron chi connectivity index (χ2n) is 2.87. The van der Waals surface area contributed by atoms with E-state index in [-0.39, 0.29) is 0 Å². The highest BCUT2D eigenvalue weighted by molar-refractivity contribution is 8.00. The van der Waals surface area contributed by atoms with E-state index in [1.807, 2.05) is 12.5 Å². The number of nitrogens with two attached hydrogens (primary N) is 1. The minimum absolute atomic E-state index is 0.515. The van der Waals surface area contributed by atoms with Gasteiger partial charge in [0.05, 0.1) is 6.33 Å². The summed E-state index contributed by atoms with van der Waals surface area (Å²) in [4.78, 5) is 4.10. The van der Waals surface area contributed by atoms with Crippen LogP contribution in [-0.2, 0) is 12.3 Å². The summed E-state index contributed by atoms with van der Waals surface area (Å²) in [7, 11) is 0. The predicted molar refractivity (Wildman–Crippen MR) is 61.8 cm³/mol. The lowest BCUT2D eigenvalue weighted by molar-refractivity contribution is 0.733. The summed E-state index contributed by atoms with van der Waals surface area (Å²) in [5, 5.41) is 8.22. The second-order valence-corrected chi connectivity index (χ2v) is 5.10. The quantitative estimate of drug-likeness (QED) is 0.824. The molecule has 0 unspecified atom stereocenters. The van der Waals surface area contributed by atoms with Crippen molar-refractivity contribution in [2.75, 3.05) is 5.73 Å². The minimum atomic E-state index is 0.515. The Hall–Kier alpha value is -1.08. The number of anilines is 1. The van der Waals surface area contributed by atoms with Crippen LogP contribution in [0.5, 0.6) is 0 Å². The average molecular weight is 241 g/mol. The molecule has 0 atom stereocenters. The number of imidazole rings is 1. The Kier molecular flexibility index (Phi) is 3.22. The van der Waals surface area contributed by atoms with Crippen LogP contribution in [0.25, 0.3) is 0 Å². The third-order valence-corrected chi connectivity index (χ3v) is 3.82. The molecule has 7 heteroatoms. The second kappa shape index (κ2) is 4.63. The van der Waals surface area contributed by atoms with Crippen LogP contribution in [0.1, 0.15) is 12.6 Å². The Morgan fingerprint density at radius 2 is 2.40 bits per heavy atom. The first-order chi connectivity index (χ1) is 7.29. The minimum Gasteiger partial charge on any atom is -0.374 e. The van der Waals surface area contributed by atoms with Gasteiger partial charge in [0.1, 0.15) is 0 Å². The zero-order valence-corrected chi connectivity index (χ0v) is 9.88. The Morgan fingerprint density at radius 1 is 1.53 bits per heavy atom. The van der Waals surface area contributed by atoms with E-state index < -0.39 is 0 Å². The molecule has 0 spiro atoms. The molecule has 0 aliphatic heterocycles. The Morgan fingerprint density at radius 3 is 3.07 bits per heavy atom. The van der Waals surface area contributed by atoms with Crippen molar-refractivity contribution in [2.45, 2.75) is 23.6 Å². The monoisotopic (exact) mass is 241 g/mol. The van der Waals surface area contributed by atoms with Gasteiger partial charge in [-0.1, -0.05) is 23.1 Å². The van der Waals surface area contributed by atoms with Gasteiger partial charge in [-0.05, 0) is 6.92 Å². The maximum absolute atomic E-state index is 5.50. The van der Waals surface area contributed by atoms with Crippen LogP contribution in [0, 0.1) is 0 Å². The molecule has 0 fully saturated rings. The third kappa shape index (κ3) is 2.48. The summed E-state index contributed by atoms with van der Waals surface area (Å²) in [6.45, 7) is 3.03. The van der Waals surface area contributed by atoms with Gasteiger partial charge >= 0.3 is 0 Å². The molecule has 2 rings (SSSR count). The van der Waals surface area contributed by atoms with Crippen LogP contribution in [-0.4, -0.2) is 19.7 Å². The lowest BCUT2D eigenvalue weighted by Crippen LogP contribution is -1.96. The van der Waals surface area contributed by atoms with Crippen molar-refractivity contribution >= 4 is 28.2 Å². The van der Waals surface area contributed by atoms with E-state index in [1.165, 1.54) is 17.0 Å². The van der Waals surface area contributed by atoms with Crippen LogP contribution in [0.2, 0.25) is 0 Å². The smallest absolute Gasteiger partial charge is 0.203 e. The van der Waals surface area contributed by atoms with E-state index in [9.17, 15) is 0 Å². The van der Waals surface area contributed by atoms with Gasteiger partial charge in [0.2, 0.25) is 5.13 Å². The zero-order valence-electron chi connectivity index (χ0n) is 8.25. The molecule has 0 aromatic carbocycles. The number of nitrogens with zero attached hydrogens (tertiary/aromatic N) is 4. The molecule has 2 heterocycles. The number of hydrogen-bond donors (Lipinski definition) is 1. The normalized spacial score (nSPS) is 10.7. The van der Waals surface area contributed by atoms with Crippen molar-refractivity contribution in [3.05, 3.63) is 18.2 Å². The van der Waals surface area contributed by atoms with Crippen LogP contribution >= 0.6 is 23.1 Å². The van der Waals surface area contributed by atoms with Gasteiger partial charge in [-0.3, -0.25) is 0 Å². The number of hydrogen-bond acceptors (Lipinski definition) is 6. The number of aromatic nitrogens is 4. The van der Waals surface area contributed by atoms with Crippen molar-refractivity contribution in [1.82, 2.24) is 19.7 Å². The highest BCUT2D eigenvalue weighted by Gasteiger charge is 2.05. The average Bonchev–Trinajstić information content (AvgIpc) is 2.83. The number of nitrogen functional groups attached to an aromatic ring is 1. The van der Waals surface area contributed by atoms with Gasteiger partial charge < -0.3 is 10.3 Å². The Bertz CT molecular complexity index is 436. The van der Waals surface area contributed by atoms with E-state index in [2.05, 4.69) is 26.7 Å². The SMILES string of the molecule is CCn1cncc1CSc1nnc(N)s1. The van der Waals surface area contributed by atoms with Crippen LogP contribution in [0.4, 0.5) is 5.13 Å². The molecule has 80 valence electrons. The predicted octanol–water partition coefficient (Wildman–Crippen LogP) is 1.63. The molecule has 0 radical (unpaired) electrons. The summed E-state index contributed by atoms with van der Waals surface area (Å²) in [5.41, 5.74) is 6.69. The highest BCUT2D eigenvalue weighted by Crippen LogP contribution is 2.26. The maximum atomic E-state index is 5.50. The van der Waals surface area contributed by atoms with Gasteiger partial charge in [0.15, 0.2) is 4.34 Å². The summed E-state index contributed by atoms with van der Waals surface area (Å²) in [5.74, 6) is 0.850. The molecule has 0 aliphatic carbocycles. The van der Waals surface area contributed by atoms with Gasteiger partial charge in [0, 0.05) is 24.2 Å². The third-order valence-electron chi connectivity index (χ3n) is 1.90. The van der Waals surface area contributed by atoms with Crippen molar-refractivity contribution in [3.63, 3.8) is 0 Å².